The first-order valence-electron chi connectivity index (χ1n) is 9.52. The number of nitrogens with one attached hydrogen (secondary N) is 1. The Morgan fingerprint density at radius 1 is 1.14 bits per heavy atom. The van der Waals surface area contributed by atoms with Crippen molar-refractivity contribution in [3.63, 3.8) is 0 Å². The quantitative estimate of drug-likeness (QED) is 0.609. The summed E-state index contributed by atoms with van der Waals surface area (Å²) in [7, 11) is 0. The number of carbonyl (C=O) groups is 3. The average molecular weight is 382 g/mol. The molecule has 1 amide bonds. The summed E-state index contributed by atoms with van der Waals surface area (Å²) in [5, 5.41) is 6.18. The molecule has 2 aliphatic carbocycles. The monoisotopic (exact) mass is 382 g/mol. The van der Waals surface area contributed by atoms with Crippen molar-refractivity contribution in [2.45, 2.75) is 26.2 Å². The van der Waals surface area contributed by atoms with Crippen molar-refractivity contribution in [3.05, 3.63) is 47.7 Å². The molecule has 4 rings (SSSR count). The largest absolute Gasteiger partial charge is 0.455 e. The first-order valence-corrected chi connectivity index (χ1v) is 9.52. The second kappa shape index (κ2) is 7.58. The third-order valence-electron chi connectivity index (χ3n) is 5.79. The van der Waals surface area contributed by atoms with Gasteiger partial charge in [-0.3, -0.25) is 14.4 Å². The fourth-order valence-corrected chi connectivity index (χ4v) is 4.64. The van der Waals surface area contributed by atoms with Crippen molar-refractivity contribution >= 4 is 23.5 Å². The van der Waals surface area contributed by atoms with E-state index in [4.69, 9.17) is 9.26 Å². The van der Waals surface area contributed by atoms with E-state index in [1.165, 1.54) is 0 Å². The normalized spacial score (nSPS) is 25.5. The molecule has 2 saturated carbocycles. The maximum atomic E-state index is 13.0. The van der Waals surface area contributed by atoms with Crippen molar-refractivity contribution in [1.29, 1.82) is 0 Å². The standard InChI is InChI=1S/C21H22N2O5/c1-12-9-16(23-28-12)22-17(24)11-27-21(26)19-15-8-7-14(10-15)18(19)20(25)13-5-3-2-4-6-13/h2-6,9,14-15,18-19H,7-8,10-11H2,1H3,(H,22,23,24)/t14-,15-,18-,19-/m0/s1. The fraction of sp³-hybridized carbons (Fsp3) is 0.429. The second-order valence-electron chi connectivity index (χ2n) is 7.59. The van der Waals surface area contributed by atoms with Gasteiger partial charge in [-0.1, -0.05) is 35.5 Å². The van der Waals surface area contributed by atoms with Gasteiger partial charge in [-0.15, -0.1) is 0 Å². The van der Waals surface area contributed by atoms with E-state index in [1.807, 2.05) is 18.2 Å². The number of hydrogen-bond acceptors (Lipinski definition) is 6. The van der Waals surface area contributed by atoms with E-state index in [0.717, 1.165) is 19.3 Å². The lowest BCUT2D eigenvalue weighted by Gasteiger charge is -2.28. The first-order chi connectivity index (χ1) is 13.5. The lowest BCUT2D eigenvalue weighted by Crippen LogP contribution is -2.37. The Balaban J connectivity index is 1.40. The van der Waals surface area contributed by atoms with Crippen LogP contribution >= 0.6 is 0 Å². The Hall–Kier alpha value is -2.96. The zero-order valence-electron chi connectivity index (χ0n) is 15.6. The van der Waals surface area contributed by atoms with Crippen molar-refractivity contribution in [1.82, 2.24) is 5.16 Å². The molecule has 146 valence electrons. The van der Waals surface area contributed by atoms with Crippen LogP contribution in [0.2, 0.25) is 0 Å². The molecule has 2 aromatic rings. The topological polar surface area (TPSA) is 98.5 Å². The maximum absolute atomic E-state index is 13.0. The summed E-state index contributed by atoms with van der Waals surface area (Å²) in [4.78, 5) is 37.8. The number of Topliss-reactive ketones (excluding diaryl/α,β-unsaturated/α-hetero) is 1. The molecule has 1 aromatic carbocycles. The van der Waals surface area contributed by atoms with E-state index < -0.39 is 24.4 Å². The van der Waals surface area contributed by atoms with E-state index in [9.17, 15) is 14.4 Å². The number of carbonyl (C=O) groups excluding carboxylic acids is 3. The molecule has 1 aromatic heterocycles. The van der Waals surface area contributed by atoms with Gasteiger partial charge in [0.1, 0.15) is 5.76 Å². The van der Waals surface area contributed by atoms with Crippen molar-refractivity contribution in [2.24, 2.45) is 23.7 Å². The molecular weight excluding hydrogens is 360 g/mol. The minimum atomic E-state index is -0.490. The fourth-order valence-electron chi connectivity index (χ4n) is 4.64. The van der Waals surface area contributed by atoms with Crippen LogP contribution in [-0.4, -0.2) is 29.4 Å². The average Bonchev–Trinajstić information content (AvgIpc) is 3.42. The summed E-state index contributed by atoms with van der Waals surface area (Å²) in [5.74, 6) is -0.602. The van der Waals surface area contributed by atoms with Crippen LogP contribution in [0.15, 0.2) is 40.9 Å². The molecular formula is C21H22N2O5. The van der Waals surface area contributed by atoms with Gasteiger partial charge in [0.25, 0.3) is 5.91 Å². The number of aryl methyl sites for hydroxylation is 1. The molecule has 0 radical (unpaired) electrons. The molecule has 0 aliphatic heterocycles. The van der Waals surface area contributed by atoms with Crippen LogP contribution in [0.1, 0.15) is 35.4 Å². The molecule has 0 unspecified atom stereocenters. The number of rotatable bonds is 6. The van der Waals surface area contributed by atoms with Gasteiger partial charge in [-0.2, -0.15) is 0 Å². The van der Waals surface area contributed by atoms with Gasteiger partial charge in [0, 0.05) is 17.5 Å². The van der Waals surface area contributed by atoms with Crippen LogP contribution in [0, 0.1) is 30.6 Å². The molecule has 7 heteroatoms. The van der Waals surface area contributed by atoms with Gasteiger partial charge < -0.3 is 14.6 Å². The first kappa shape index (κ1) is 18.4. The summed E-state index contributed by atoms with van der Waals surface area (Å²) in [5.41, 5.74) is 0.622. The summed E-state index contributed by atoms with van der Waals surface area (Å²) < 4.78 is 10.2. The SMILES string of the molecule is Cc1cc(NC(=O)COC(=O)[C@H]2[C@H]3CC[C@@H](C3)[C@@H]2C(=O)c2ccccc2)no1. The molecule has 2 fully saturated rings. The zero-order valence-corrected chi connectivity index (χ0v) is 15.6. The van der Waals surface area contributed by atoms with E-state index in [-0.39, 0.29) is 29.4 Å². The lowest BCUT2D eigenvalue weighted by atomic mass is 9.75. The van der Waals surface area contributed by atoms with Crippen LogP contribution in [0.25, 0.3) is 0 Å². The van der Waals surface area contributed by atoms with Crippen LogP contribution in [-0.2, 0) is 14.3 Å². The number of anilines is 1. The van der Waals surface area contributed by atoms with E-state index in [0.29, 0.717) is 11.3 Å². The van der Waals surface area contributed by atoms with Gasteiger partial charge in [0.2, 0.25) is 0 Å². The number of aromatic nitrogens is 1. The summed E-state index contributed by atoms with van der Waals surface area (Å²) in [6.45, 7) is 1.30. The third kappa shape index (κ3) is 3.56. The molecule has 0 saturated heterocycles. The second-order valence-corrected chi connectivity index (χ2v) is 7.59. The lowest BCUT2D eigenvalue weighted by molar-refractivity contribution is -0.154. The van der Waals surface area contributed by atoms with Gasteiger partial charge in [-0.25, -0.2) is 0 Å². The highest BCUT2D eigenvalue weighted by molar-refractivity contribution is 6.01. The number of nitrogens with zero attached hydrogens (tertiary/aromatic N) is 1. The van der Waals surface area contributed by atoms with Crippen LogP contribution in [0.4, 0.5) is 5.82 Å². The molecule has 1 N–H and O–H groups in total. The Morgan fingerprint density at radius 2 is 1.86 bits per heavy atom. The van der Waals surface area contributed by atoms with Gasteiger partial charge in [0.05, 0.1) is 5.92 Å². The number of esters is 1. The molecule has 7 nitrogen and oxygen atoms in total. The van der Waals surface area contributed by atoms with Gasteiger partial charge >= 0.3 is 5.97 Å². The Bertz CT molecular complexity index is 891. The number of benzene rings is 1. The number of ether oxygens (including phenoxy) is 1. The van der Waals surface area contributed by atoms with Crippen molar-refractivity contribution < 1.29 is 23.6 Å². The van der Waals surface area contributed by atoms with Crippen LogP contribution < -0.4 is 5.32 Å². The number of hydrogen-bond donors (Lipinski definition) is 1. The van der Waals surface area contributed by atoms with Crippen molar-refractivity contribution in [3.8, 4) is 0 Å². The summed E-state index contributed by atoms with van der Waals surface area (Å²) >= 11 is 0. The van der Waals surface area contributed by atoms with Crippen molar-refractivity contribution in [2.75, 3.05) is 11.9 Å². The summed E-state index contributed by atoms with van der Waals surface area (Å²) in [6, 6.07) is 10.6. The molecule has 2 bridgehead atoms. The van der Waals surface area contributed by atoms with E-state index in [1.54, 1.807) is 25.1 Å². The minimum absolute atomic E-state index is 0.00252. The van der Waals surface area contributed by atoms with Crippen LogP contribution in [0.5, 0.6) is 0 Å². The van der Waals surface area contributed by atoms with Gasteiger partial charge in [0.15, 0.2) is 18.2 Å². The predicted molar refractivity (Wildman–Crippen MR) is 99.4 cm³/mol. The highest BCUT2D eigenvalue weighted by atomic mass is 16.5. The van der Waals surface area contributed by atoms with E-state index >= 15 is 0 Å². The number of amides is 1. The van der Waals surface area contributed by atoms with E-state index in [2.05, 4.69) is 10.5 Å². The van der Waals surface area contributed by atoms with Gasteiger partial charge in [-0.05, 0) is 38.0 Å². The highest BCUT2D eigenvalue weighted by Gasteiger charge is 2.54. The Labute approximate surface area is 162 Å². The molecule has 2 aliphatic rings. The third-order valence-corrected chi connectivity index (χ3v) is 5.79. The smallest absolute Gasteiger partial charge is 0.310 e. The molecule has 28 heavy (non-hydrogen) atoms. The molecule has 1 heterocycles. The minimum Gasteiger partial charge on any atom is -0.455 e. The van der Waals surface area contributed by atoms with Crippen LogP contribution in [0.3, 0.4) is 0 Å². The highest BCUT2D eigenvalue weighted by Crippen LogP contribution is 2.53. The summed E-state index contributed by atoms with van der Waals surface area (Å²) in [6.07, 6.45) is 2.75. The Morgan fingerprint density at radius 3 is 2.54 bits per heavy atom. The number of fused-ring (bicyclic) bond motifs is 2. The maximum Gasteiger partial charge on any atom is 0.310 e. The number of ketones is 1. The zero-order chi connectivity index (χ0) is 19.7. The molecule has 4 atom stereocenters. The molecule has 0 spiro atoms. The predicted octanol–water partition coefficient (Wildman–Crippen LogP) is 3.01. The Kier molecular flexibility index (Phi) is 4.98.